The number of rotatable bonds is 3. The SMILES string of the molecule is C[C@@H](O)[C@H](NC(=O)N1CCN2CCCC2C1)C(=O)O. The zero-order valence-corrected chi connectivity index (χ0v) is 11.1. The number of carboxylic acid groups (broad SMARTS) is 1. The Morgan fingerprint density at radius 1 is 1.32 bits per heavy atom. The Balaban J connectivity index is 1.91. The number of fused-ring (bicyclic) bond motifs is 1. The minimum Gasteiger partial charge on any atom is -0.480 e. The molecule has 2 aliphatic heterocycles. The number of nitrogens with zero attached hydrogens (tertiary/aromatic N) is 2. The standard InChI is InChI=1S/C12H21N3O4/c1-8(16)10(11(17)18)13-12(19)15-6-5-14-4-2-3-9(14)7-15/h8-10,16H,2-7H2,1H3,(H,13,19)(H,17,18)/t8-,9?,10+/m1/s1. The van der Waals surface area contributed by atoms with Crippen LogP contribution in [0.1, 0.15) is 19.8 Å². The van der Waals surface area contributed by atoms with E-state index < -0.39 is 24.1 Å². The number of carbonyl (C=O) groups is 2. The van der Waals surface area contributed by atoms with E-state index in [1.165, 1.54) is 6.92 Å². The maximum absolute atomic E-state index is 12.0. The van der Waals surface area contributed by atoms with Crippen LogP contribution in [0.25, 0.3) is 0 Å². The summed E-state index contributed by atoms with van der Waals surface area (Å²) in [5, 5.41) is 20.7. The van der Waals surface area contributed by atoms with Crippen molar-refractivity contribution in [3.05, 3.63) is 0 Å². The summed E-state index contributed by atoms with van der Waals surface area (Å²) in [6.45, 7) is 4.52. The number of nitrogens with one attached hydrogen (secondary N) is 1. The van der Waals surface area contributed by atoms with Crippen molar-refractivity contribution in [1.29, 1.82) is 0 Å². The minimum atomic E-state index is -1.26. The van der Waals surface area contributed by atoms with E-state index in [2.05, 4.69) is 10.2 Å². The van der Waals surface area contributed by atoms with Gasteiger partial charge in [0.15, 0.2) is 6.04 Å². The number of amides is 2. The molecule has 0 spiro atoms. The molecule has 7 nitrogen and oxygen atoms in total. The Bertz CT molecular complexity index is 361. The summed E-state index contributed by atoms with van der Waals surface area (Å²) in [4.78, 5) is 27.0. The fourth-order valence-electron chi connectivity index (χ4n) is 2.79. The molecule has 0 aliphatic carbocycles. The van der Waals surface area contributed by atoms with Gasteiger partial charge in [-0.05, 0) is 26.3 Å². The van der Waals surface area contributed by atoms with E-state index in [9.17, 15) is 14.7 Å². The quantitative estimate of drug-likeness (QED) is 0.632. The van der Waals surface area contributed by atoms with E-state index in [-0.39, 0.29) is 0 Å². The van der Waals surface area contributed by atoms with Crippen LogP contribution in [0.2, 0.25) is 0 Å². The lowest BCUT2D eigenvalue weighted by atomic mass is 10.1. The van der Waals surface area contributed by atoms with Crippen LogP contribution in [0.15, 0.2) is 0 Å². The number of aliphatic carboxylic acids is 1. The minimum absolute atomic E-state index is 0.398. The number of carbonyl (C=O) groups excluding carboxylic acids is 1. The van der Waals surface area contributed by atoms with Crippen molar-refractivity contribution in [3.63, 3.8) is 0 Å². The topological polar surface area (TPSA) is 93.1 Å². The molecule has 19 heavy (non-hydrogen) atoms. The van der Waals surface area contributed by atoms with Crippen LogP contribution >= 0.6 is 0 Å². The third-order valence-electron chi connectivity index (χ3n) is 3.90. The van der Waals surface area contributed by atoms with Crippen molar-refractivity contribution in [3.8, 4) is 0 Å². The van der Waals surface area contributed by atoms with Crippen molar-refractivity contribution in [2.24, 2.45) is 0 Å². The lowest BCUT2D eigenvalue weighted by Crippen LogP contribution is -2.58. The molecule has 0 saturated carbocycles. The number of carboxylic acids is 1. The second-order valence-electron chi connectivity index (χ2n) is 5.28. The van der Waals surface area contributed by atoms with E-state index >= 15 is 0 Å². The van der Waals surface area contributed by atoms with Gasteiger partial charge in [0, 0.05) is 25.7 Å². The van der Waals surface area contributed by atoms with Crippen LogP contribution in [0.4, 0.5) is 4.79 Å². The molecular formula is C12H21N3O4. The Morgan fingerprint density at radius 3 is 2.68 bits per heavy atom. The van der Waals surface area contributed by atoms with Gasteiger partial charge in [-0.1, -0.05) is 0 Å². The van der Waals surface area contributed by atoms with Crippen LogP contribution in [-0.4, -0.2) is 76.4 Å². The number of aliphatic hydroxyl groups is 1. The van der Waals surface area contributed by atoms with Gasteiger partial charge in [0.05, 0.1) is 6.10 Å². The highest BCUT2D eigenvalue weighted by atomic mass is 16.4. The fraction of sp³-hybridized carbons (Fsp3) is 0.833. The van der Waals surface area contributed by atoms with Gasteiger partial charge in [0.25, 0.3) is 0 Å². The summed E-state index contributed by atoms with van der Waals surface area (Å²) in [6, 6.07) is -1.26. The Hall–Kier alpha value is -1.34. The summed E-state index contributed by atoms with van der Waals surface area (Å²) in [7, 11) is 0. The van der Waals surface area contributed by atoms with Crippen LogP contribution in [0.3, 0.4) is 0 Å². The Morgan fingerprint density at radius 2 is 2.05 bits per heavy atom. The molecule has 0 bridgehead atoms. The number of hydrogen-bond acceptors (Lipinski definition) is 4. The van der Waals surface area contributed by atoms with Crippen molar-refractivity contribution < 1.29 is 19.8 Å². The maximum Gasteiger partial charge on any atom is 0.328 e. The van der Waals surface area contributed by atoms with Crippen LogP contribution in [0.5, 0.6) is 0 Å². The zero-order valence-electron chi connectivity index (χ0n) is 11.1. The molecule has 2 heterocycles. The molecule has 0 radical (unpaired) electrons. The first-order valence-corrected chi connectivity index (χ1v) is 6.69. The summed E-state index contributed by atoms with van der Waals surface area (Å²) < 4.78 is 0. The molecule has 3 atom stereocenters. The molecule has 2 fully saturated rings. The second-order valence-corrected chi connectivity index (χ2v) is 5.28. The van der Waals surface area contributed by atoms with Crippen molar-refractivity contribution >= 4 is 12.0 Å². The predicted octanol–water partition coefficient (Wildman–Crippen LogP) is -0.690. The zero-order chi connectivity index (χ0) is 14.0. The first kappa shape index (κ1) is 14.1. The van der Waals surface area contributed by atoms with E-state index in [1.807, 2.05) is 0 Å². The molecule has 0 aromatic heterocycles. The average molecular weight is 271 g/mol. The molecule has 0 aromatic carbocycles. The molecule has 2 saturated heterocycles. The largest absolute Gasteiger partial charge is 0.480 e. The van der Waals surface area contributed by atoms with Crippen molar-refractivity contribution in [2.45, 2.75) is 38.0 Å². The highest BCUT2D eigenvalue weighted by Crippen LogP contribution is 2.21. The first-order chi connectivity index (χ1) is 8.99. The number of piperazine rings is 1. The summed E-state index contributed by atoms with van der Waals surface area (Å²) >= 11 is 0. The van der Waals surface area contributed by atoms with Gasteiger partial charge in [-0.25, -0.2) is 9.59 Å². The molecule has 2 rings (SSSR count). The molecule has 3 N–H and O–H groups in total. The van der Waals surface area contributed by atoms with Crippen molar-refractivity contribution in [1.82, 2.24) is 15.1 Å². The first-order valence-electron chi connectivity index (χ1n) is 6.69. The Kier molecular flexibility index (Phi) is 4.26. The van der Waals surface area contributed by atoms with E-state index in [4.69, 9.17) is 5.11 Å². The van der Waals surface area contributed by atoms with Gasteiger partial charge in [-0.15, -0.1) is 0 Å². The van der Waals surface area contributed by atoms with Crippen LogP contribution in [-0.2, 0) is 4.79 Å². The number of aliphatic hydroxyl groups excluding tert-OH is 1. The third kappa shape index (κ3) is 3.16. The monoisotopic (exact) mass is 271 g/mol. The molecule has 7 heteroatoms. The van der Waals surface area contributed by atoms with Crippen LogP contribution in [0, 0.1) is 0 Å². The highest BCUT2D eigenvalue weighted by molar-refractivity contribution is 5.83. The predicted molar refractivity (Wildman–Crippen MR) is 67.8 cm³/mol. The van der Waals surface area contributed by atoms with Gasteiger partial charge in [-0.3, -0.25) is 4.90 Å². The summed E-state index contributed by atoms with van der Waals surface area (Å²) in [5.74, 6) is -1.22. The smallest absolute Gasteiger partial charge is 0.328 e. The van der Waals surface area contributed by atoms with E-state index in [0.29, 0.717) is 19.1 Å². The lowest BCUT2D eigenvalue weighted by Gasteiger charge is -2.37. The van der Waals surface area contributed by atoms with Gasteiger partial charge >= 0.3 is 12.0 Å². The average Bonchev–Trinajstić information content (AvgIpc) is 2.81. The molecule has 108 valence electrons. The molecular weight excluding hydrogens is 250 g/mol. The van der Waals surface area contributed by atoms with Gasteiger partial charge in [-0.2, -0.15) is 0 Å². The van der Waals surface area contributed by atoms with E-state index in [1.54, 1.807) is 4.90 Å². The normalized spacial score (nSPS) is 26.6. The molecule has 0 aromatic rings. The fourth-order valence-corrected chi connectivity index (χ4v) is 2.79. The molecule has 1 unspecified atom stereocenters. The molecule has 2 aliphatic rings. The molecule has 2 amide bonds. The van der Waals surface area contributed by atoms with Gasteiger partial charge < -0.3 is 20.4 Å². The second kappa shape index (κ2) is 5.75. The summed E-state index contributed by atoms with van der Waals surface area (Å²) in [5.41, 5.74) is 0. The Labute approximate surface area is 112 Å². The van der Waals surface area contributed by atoms with Gasteiger partial charge in [0.2, 0.25) is 0 Å². The summed E-state index contributed by atoms with van der Waals surface area (Å²) in [6.07, 6.45) is 1.13. The number of urea groups is 1. The highest BCUT2D eigenvalue weighted by Gasteiger charge is 2.34. The van der Waals surface area contributed by atoms with E-state index in [0.717, 1.165) is 25.9 Å². The number of hydrogen-bond donors (Lipinski definition) is 3. The van der Waals surface area contributed by atoms with Gasteiger partial charge in [0.1, 0.15) is 0 Å². The van der Waals surface area contributed by atoms with Crippen LogP contribution < -0.4 is 5.32 Å². The lowest BCUT2D eigenvalue weighted by molar-refractivity contribution is -0.141. The third-order valence-corrected chi connectivity index (χ3v) is 3.90. The van der Waals surface area contributed by atoms with Crippen molar-refractivity contribution in [2.75, 3.05) is 26.2 Å². The maximum atomic E-state index is 12.0.